The van der Waals surface area contributed by atoms with Crippen LogP contribution in [0.1, 0.15) is 52.9 Å². The molecule has 0 saturated heterocycles. The predicted molar refractivity (Wildman–Crippen MR) is 63.5 cm³/mol. The first kappa shape index (κ1) is 13.7. The van der Waals surface area contributed by atoms with E-state index in [2.05, 4.69) is 13.8 Å². The lowest BCUT2D eigenvalue weighted by atomic mass is 9.95. The minimum absolute atomic E-state index is 0.195. The molecule has 1 aliphatic carbocycles. The molecule has 0 bridgehead atoms. The molecule has 0 radical (unpaired) electrons. The van der Waals surface area contributed by atoms with E-state index >= 15 is 0 Å². The average molecular weight is 228 g/mol. The number of carbonyl (C=O) groups excluding carboxylic acids is 1. The lowest BCUT2D eigenvalue weighted by Crippen LogP contribution is -2.29. The van der Waals surface area contributed by atoms with Gasteiger partial charge in [0.2, 0.25) is 0 Å². The van der Waals surface area contributed by atoms with Gasteiger partial charge in [0.05, 0.1) is 18.3 Å². The Labute approximate surface area is 98.5 Å². The largest absolute Gasteiger partial charge is 0.376 e. The molecule has 3 nitrogen and oxygen atoms in total. The number of ketones is 1. The van der Waals surface area contributed by atoms with Gasteiger partial charge in [-0.1, -0.05) is 6.92 Å². The minimum atomic E-state index is 0.195. The molecule has 0 aromatic heterocycles. The summed E-state index contributed by atoms with van der Waals surface area (Å²) in [6, 6.07) is 0. The van der Waals surface area contributed by atoms with E-state index in [0.717, 1.165) is 25.7 Å². The fraction of sp³-hybridized carbons (Fsp3) is 0.923. The summed E-state index contributed by atoms with van der Waals surface area (Å²) < 4.78 is 11.3. The van der Waals surface area contributed by atoms with E-state index in [0.29, 0.717) is 18.6 Å². The predicted octanol–water partition coefficient (Wildman–Crippen LogP) is 2.72. The Morgan fingerprint density at radius 3 is 2.25 bits per heavy atom. The Hall–Kier alpha value is -0.410. The van der Waals surface area contributed by atoms with Crippen LogP contribution in [0.15, 0.2) is 0 Å². The molecule has 0 aromatic rings. The number of carbonyl (C=O) groups is 1. The molecular formula is C13H24O3. The molecule has 1 aliphatic rings. The van der Waals surface area contributed by atoms with Gasteiger partial charge in [-0.2, -0.15) is 0 Å². The number of Topliss-reactive ketones (excluding diaryl/α,β-unsaturated/α-hetero) is 1. The highest BCUT2D eigenvalue weighted by atomic mass is 16.5. The van der Waals surface area contributed by atoms with Crippen molar-refractivity contribution in [1.29, 1.82) is 0 Å². The Bertz CT molecular complexity index is 205. The average Bonchev–Trinajstić information content (AvgIpc) is 2.27. The van der Waals surface area contributed by atoms with Gasteiger partial charge in [0.25, 0.3) is 0 Å². The molecule has 0 atom stereocenters. The van der Waals surface area contributed by atoms with Gasteiger partial charge in [0.15, 0.2) is 5.78 Å². The number of hydrogen-bond donors (Lipinski definition) is 0. The van der Waals surface area contributed by atoms with Crippen LogP contribution in [0, 0.1) is 0 Å². The Morgan fingerprint density at radius 2 is 1.75 bits per heavy atom. The van der Waals surface area contributed by atoms with E-state index in [-0.39, 0.29) is 18.5 Å². The van der Waals surface area contributed by atoms with Crippen molar-refractivity contribution in [2.45, 2.75) is 71.2 Å². The molecule has 94 valence electrons. The van der Waals surface area contributed by atoms with Gasteiger partial charge in [-0.15, -0.1) is 0 Å². The molecular weight excluding hydrogens is 204 g/mol. The molecule has 0 aromatic carbocycles. The second-order valence-corrected chi connectivity index (χ2v) is 4.79. The van der Waals surface area contributed by atoms with E-state index in [1.165, 1.54) is 0 Å². The summed E-state index contributed by atoms with van der Waals surface area (Å²) >= 11 is 0. The molecule has 0 unspecified atom stereocenters. The van der Waals surface area contributed by atoms with Crippen molar-refractivity contribution in [3.05, 3.63) is 0 Å². The monoisotopic (exact) mass is 228 g/mol. The zero-order valence-electron chi connectivity index (χ0n) is 10.7. The first-order valence-corrected chi connectivity index (χ1v) is 6.40. The summed E-state index contributed by atoms with van der Waals surface area (Å²) in [4.78, 5) is 11.1. The molecule has 3 heteroatoms. The van der Waals surface area contributed by atoms with Crippen molar-refractivity contribution >= 4 is 5.78 Å². The van der Waals surface area contributed by atoms with Gasteiger partial charge >= 0.3 is 0 Å². The zero-order valence-corrected chi connectivity index (χ0v) is 10.7. The smallest absolute Gasteiger partial charge is 0.158 e. The molecule has 0 amide bonds. The van der Waals surface area contributed by atoms with E-state index in [1.807, 2.05) is 6.92 Å². The SMILES string of the molecule is CCC(=O)COC1CCC(OC(C)C)CC1. The van der Waals surface area contributed by atoms with E-state index in [9.17, 15) is 4.79 Å². The van der Waals surface area contributed by atoms with Crippen LogP contribution >= 0.6 is 0 Å². The van der Waals surface area contributed by atoms with Gasteiger partial charge in [0, 0.05) is 6.42 Å². The minimum Gasteiger partial charge on any atom is -0.376 e. The van der Waals surface area contributed by atoms with Crippen molar-refractivity contribution in [3.8, 4) is 0 Å². The van der Waals surface area contributed by atoms with Gasteiger partial charge in [0.1, 0.15) is 6.61 Å². The Balaban J connectivity index is 2.14. The van der Waals surface area contributed by atoms with Gasteiger partial charge < -0.3 is 9.47 Å². The highest BCUT2D eigenvalue weighted by Crippen LogP contribution is 2.24. The van der Waals surface area contributed by atoms with Crippen LogP contribution in [-0.2, 0) is 14.3 Å². The van der Waals surface area contributed by atoms with Crippen molar-refractivity contribution in [3.63, 3.8) is 0 Å². The molecule has 16 heavy (non-hydrogen) atoms. The molecule has 0 heterocycles. The van der Waals surface area contributed by atoms with E-state index in [4.69, 9.17) is 9.47 Å². The maximum Gasteiger partial charge on any atom is 0.158 e. The normalized spacial score (nSPS) is 26.0. The van der Waals surface area contributed by atoms with Gasteiger partial charge in [-0.25, -0.2) is 0 Å². The highest BCUT2D eigenvalue weighted by molar-refractivity contribution is 5.79. The number of ether oxygens (including phenoxy) is 2. The highest BCUT2D eigenvalue weighted by Gasteiger charge is 2.23. The Morgan fingerprint density at radius 1 is 1.19 bits per heavy atom. The second kappa shape index (κ2) is 7.02. The fourth-order valence-electron chi connectivity index (χ4n) is 2.03. The molecule has 0 aliphatic heterocycles. The molecule has 0 N–H and O–H groups in total. The molecule has 0 spiro atoms. The first-order valence-electron chi connectivity index (χ1n) is 6.40. The summed E-state index contributed by atoms with van der Waals surface area (Å²) in [6.45, 7) is 6.31. The quantitative estimate of drug-likeness (QED) is 0.701. The Kier molecular flexibility index (Phi) is 5.99. The maximum absolute atomic E-state index is 11.1. The van der Waals surface area contributed by atoms with Crippen LogP contribution in [0.2, 0.25) is 0 Å². The maximum atomic E-state index is 11.1. The van der Waals surface area contributed by atoms with Crippen molar-refractivity contribution in [1.82, 2.24) is 0 Å². The van der Waals surface area contributed by atoms with Crippen LogP contribution in [0.4, 0.5) is 0 Å². The topological polar surface area (TPSA) is 35.5 Å². The molecule has 1 fully saturated rings. The number of hydrogen-bond acceptors (Lipinski definition) is 3. The zero-order chi connectivity index (χ0) is 12.0. The van der Waals surface area contributed by atoms with E-state index < -0.39 is 0 Å². The van der Waals surface area contributed by atoms with Gasteiger partial charge in [-0.3, -0.25) is 4.79 Å². The fourth-order valence-corrected chi connectivity index (χ4v) is 2.03. The van der Waals surface area contributed by atoms with Crippen LogP contribution in [-0.4, -0.2) is 30.7 Å². The molecule has 1 rings (SSSR count). The lowest BCUT2D eigenvalue weighted by Gasteiger charge is -2.29. The summed E-state index contributed by atoms with van der Waals surface area (Å²) in [6.07, 6.45) is 5.70. The third-order valence-electron chi connectivity index (χ3n) is 2.96. The second-order valence-electron chi connectivity index (χ2n) is 4.79. The van der Waals surface area contributed by atoms with Crippen LogP contribution in [0.25, 0.3) is 0 Å². The van der Waals surface area contributed by atoms with E-state index in [1.54, 1.807) is 0 Å². The standard InChI is InChI=1S/C13H24O3/c1-4-11(14)9-15-12-5-7-13(8-6-12)16-10(2)3/h10,12-13H,4-9H2,1-3H3. The third-order valence-corrected chi connectivity index (χ3v) is 2.96. The third kappa shape index (κ3) is 5.08. The van der Waals surface area contributed by atoms with Crippen molar-refractivity contribution < 1.29 is 14.3 Å². The molecule has 1 saturated carbocycles. The summed E-state index contributed by atoms with van der Waals surface area (Å²) in [5.74, 6) is 0.195. The van der Waals surface area contributed by atoms with Crippen molar-refractivity contribution in [2.75, 3.05) is 6.61 Å². The first-order chi connectivity index (χ1) is 7.61. The van der Waals surface area contributed by atoms with Crippen molar-refractivity contribution in [2.24, 2.45) is 0 Å². The van der Waals surface area contributed by atoms with Crippen LogP contribution in [0.3, 0.4) is 0 Å². The van der Waals surface area contributed by atoms with Gasteiger partial charge in [-0.05, 0) is 39.5 Å². The van der Waals surface area contributed by atoms with Crippen LogP contribution < -0.4 is 0 Å². The summed E-state index contributed by atoms with van der Waals surface area (Å²) in [5, 5.41) is 0. The number of rotatable bonds is 6. The van der Waals surface area contributed by atoms with Crippen LogP contribution in [0.5, 0.6) is 0 Å². The lowest BCUT2D eigenvalue weighted by molar-refractivity contribution is -0.127. The summed E-state index contributed by atoms with van der Waals surface area (Å²) in [7, 11) is 0. The summed E-state index contributed by atoms with van der Waals surface area (Å²) in [5.41, 5.74) is 0.